The summed E-state index contributed by atoms with van der Waals surface area (Å²) in [5.74, 6) is -0.128. The van der Waals surface area contributed by atoms with Crippen LogP contribution in [0.5, 0.6) is 0 Å². The Kier molecular flexibility index (Phi) is 4.18. The van der Waals surface area contributed by atoms with Gasteiger partial charge in [0.1, 0.15) is 0 Å². The first kappa shape index (κ1) is 11.9. The summed E-state index contributed by atoms with van der Waals surface area (Å²) in [5, 5.41) is 3.42. The van der Waals surface area contributed by atoms with Crippen LogP contribution in [0.3, 0.4) is 0 Å². The Bertz CT molecular complexity index is 236. The molecule has 2 aliphatic heterocycles. The zero-order chi connectivity index (χ0) is 11.4. The first-order chi connectivity index (χ1) is 7.79. The van der Waals surface area contributed by atoms with Crippen LogP contribution in [0.15, 0.2) is 0 Å². The van der Waals surface area contributed by atoms with E-state index in [2.05, 4.69) is 10.2 Å². The van der Waals surface area contributed by atoms with Gasteiger partial charge in [-0.05, 0) is 51.7 Å². The van der Waals surface area contributed by atoms with Crippen molar-refractivity contribution in [3.63, 3.8) is 0 Å². The van der Waals surface area contributed by atoms with Gasteiger partial charge in [-0.1, -0.05) is 6.42 Å². The Morgan fingerprint density at radius 2 is 2.00 bits per heavy atom. The second kappa shape index (κ2) is 5.64. The fraction of sp³-hybridized carbons (Fsp3) is 0.917. The fourth-order valence-corrected chi connectivity index (χ4v) is 3.03. The number of hydrogen-bond acceptors (Lipinski definition) is 3. The lowest BCUT2D eigenvalue weighted by molar-refractivity contribution is -0.125. The molecule has 2 fully saturated rings. The highest BCUT2D eigenvalue weighted by atomic mass is 16.1. The largest absolute Gasteiger partial charge is 0.368 e. The molecular weight excluding hydrogens is 202 g/mol. The summed E-state index contributed by atoms with van der Waals surface area (Å²) in [6, 6.07) is 0.560. The van der Waals surface area contributed by atoms with Gasteiger partial charge in [0.05, 0.1) is 6.04 Å². The van der Waals surface area contributed by atoms with Gasteiger partial charge in [0.25, 0.3) is 0 Å². The van der Waals surface area contributed by atoms with Crippen molar-refractivity contribution in [2.75, 3.05) is 19.6 Å². The van der Waals surface area contributed by atoms with Gasteiger partial charge in [0.2, 0.25) is 5.91 Å². The van der Waals surface area contributed by atoms with Crippen molar-refractivity contribution in [2.24, 2.45) is 5.73 Å². The number of piperidine rings is 1. The average molecular weight is 225 g/mol. The lowest BCUT2D eigenvalue weighted by Crippen LogP contribution is -2.52. The molecule has 4 heteroatoms. The van der Waals surface area contributed by atoms with E-state index < -0.39 is 0 Å². The Morgan fingerprint density at radius 3 is 2.81 bits per heavy atom. The molecule has 1 amide bonds. The van der Waals surface area contributed by atoms with E-state index in [1.165, 1.54) is 19.3 Å². The molecule has 2 atom stereocenters. The van der Waals surface area contributed by atoms with Crippen molar-refractivity contribution >= 4 is 5.91 Å². The van der Waals surface area contributed by atoms with Crippen molar-refractivity contribution in [1.29, 1.82) is 0 Å². The number of likely N-dealkylation sites (tertiary alicyclic amines) is 1. The monoisotopic (exact) mass is 225 g/mol. The maximum absolute atomic E-state index is 11.5. The van der Waals surface area contributed by atoms with Crippen LogP contribution in [0, 0.1) is 0 Å². The maximum Gasteiger partial charge on any atom is 0.234 e. The molecular formula is C12H23N3O. The summed E-state index contributed by atoms with van der Waals surface area (Å²) in [5.41, 5.74) is 5.51. The molecule has 0 saturated carbocycles. The fourth-order valence-electron chi connectivity index (χ4n) is 3.03. The molecule has 2 heterocycles. The third kappa shape index (κ3) is 2.74. The van der Waals surface area contributed by atoms with Crippen LogP contribution in [0.4, 0.5) is 0 Å². The number of carbonyl (C=O) groups excluding carboxylic acids is 1. The summed E-state index contributed by atoms with van der Waals surface area (Å²) in [7, 11) is 0. The van der Waals surface area contributed by atoms with Crippen molar-refractivity contribution in [2.45, 2.75) is 50.6 Å². The normalized spacial score (nSPS) is 33.2. The summed E-state index contributed by atoms with van der Waals surface area (Å²) < 4.78 is 0. The first-order valence-corrected chi connectivity index (χ1v) is 6.55. The summed E-state index contributed by atoms with van der Waals surface area (Å²) >= 11 is 0. The number of nitrogens with one attached hydrogen (secondary N) is 1. The summed E-state index contributed by atoms with van der Waals surface area (Å²) in [6.45, 7) is 3.25. The Labute approximate surface area is 97.6 Å². The summed E-state index contributed by atoms with van der Waals surface area (Å²) in [4.78, 5) is 13.8. The number of nitrogens with two attached hydrogens (primary N) is 1. The Hall–Kier alpha value is -0.610. The maximum atomic E-state index is 11.5. The molecule has 0 aromatic carbocycles. The second-order valence-corrected chi connectivity index (χ2v) is 4.99. The molecule has 92 valence electrons. The molecule has 0 spiro atoms. The molecule has 2 saturated heterocycles. The number of rotatable bonds is 2. The lowest BCUT2D eigenvalue weighted by Gasteiger charge is -2.39. The number of primary amides is 1. The molecule has 0 aromatic rings. The minimum atomic E-state index is -0.128. The van der Waals surface area contributed by atoms with E-state index in [0.717, 1.165) is 38.9 Å². The molecule has 0 aromatic heterocycles. The Balaban J connectivity index is 2.00. The van der Waals surface area contributed by atoms with E-state index in [1.54, 1.807) is 0 Å². The van der Waals surface area contributed by atoms with Gasteiger partial charge in [0, 0.05) is 6.04 Å². The number of amides is 1. The van der Waals surface area contributed by atoms with Crippen LogP contribution >= 0.6 is 0 Å². The first-order valence-electron chi connectivity index (χ1n) is 6.55. The molecule has 16 heavy (non-hydrogen) atoms. The highest BCUT2D eigenvalue weighted by Crippen LogP contribution is 2.23. The van der Waals surface area contributed by atoms with Gasteiger partial charge >= 0.3 is 0 Å². The average Bonchev–Trinajstić information content (AvgIpc) is 2.57. The van der Waals surface area contributed by atoms with Gasteiger partial charge in [-0.2, -0.15) is 0 Å². The van der Waals surface area contributed by atoms with Gasteiger partial charge in [-0.3, -0.25) is 9.69 Å². The molecule has 2 rings (SSSR count). The van der Waals surface area contributed by atoms with Crippen molar-refractivity contribution in [1.82, 2.24) is 10.2 Å². The highest BCUT2D eigenvalue weighted by molar-refractivity contribution is 5.80. The van der Waals surface area contributed by atoms with Crippen molar-refractivity contribution in [3.8, 4) is 0 Å². The van der Waals surface area contributed by atoms with Gasteiger partial charge in [0.15, 0.2) is 0 Å². The third-order valence-corrected chi connectivity index (χ3v) is 3.89. The Morgan fingerprint density at radius 1 is 1.12 bits per heavy atom. The third-order valence-electron chi connectivity index (χ3n) is 3.89. The van der Waals surface area contributed by atoms with Crippen molar-refractivity contribution < 1.29 is 4.79 Å². The zero-order valence-electron chi connectivity index (χ0n) is 9.95. The molecule has 2 aliphatic rings. The van der Waals surface area contributed by atoms with Crippen LogP contribution in [0.2, 0.25) is 0 Å². The molecule has 0 aliphatic carbocycles. The molecule has 0 bridgehead atoms. The van der Waals surface area contributed by atoms with Crippen LogP contribution in [0.25, 0.3) is 0 Å². The standard InChI is InChI=1S/C12H23N3O/c13-12(16)11-5-1-2-9-15(11)10-4-3-7-14-8-6-10/h10-11,14H,1-9H2,(H2,13,16). The van der Waals surface area contributed by atoms with E-state index >= 15 is 0 Å². The van der Waals surface area contributed by atoms with Crippen LogP contribution < -0.4 is 11.1 Å². The van der Waals surface area contributed by atoms with E-state index in [0.29, 0.717) is 6.04 Å². The minimum Gasteiger partial charge on any atom is -0.368 e. The zero-order valence-corrected chi connectivity index (χ0v) is 9.95. The number of nitrogens with zero attached hydrogens (tertiary/aromatic N) is 1. The molecule has 3 N–H and O–H groups in total. The van der Waals surface area contributed by atoms with Gasteiger partial charge in [-0.15, -0.1) is 0 Å². The van der Waals surface area contributed by atoms with E-state index in [4.69, 9.17) is 5.73 Å². The quantitative estimate of drug-likeness (QED) is 0.718. The van der Waals surface area contributed by atoms with E-state index in [-0.39, 0.29) is 11.9 Å². The van der Waals surface area contributed by atoms with Crippen LogP contribution in [-0.2, 0) is 4.79 Å². The lowest BCUT2D eigenvalue weighted by atomic mass is 9.96. The van der Waals surface area contributed by atoms with Gasteiger partial charge in [-0.25, -0.2) is 0 Å². The molecule has 2 unspecified atom stereocenters. The molecule has 0 radical (unpaired) electrons. The predicted molar refractivity (Wildman–Crippen MR) is 64.0 cm³/mol. The number of carbonyl (C=O) groups is 1. The van der Waals surface area contributed by atoms with E-state index in [9.17, 15) is 4.79 Å². The SMILES string of the molecule is NC(=O)C1CCCCN1C1CCCNCC1. The van der Waals surface area contributed by atoms with E-state index in [1.807, 2.05) is 0 Å². The van der Waals surface area contributed by atoms with Gasteiger partial charge < -0.3 is 11.1 Å². The second-order valence-electron chi connectivity index (χ2n) is 4.99. The highest BCUT2D eigenvalue weighted by Gasteiger charge is 2.32. The minimum absolute atomic E-state index is 0.00292. The topological polar surface area (TPSA) is 58.4 Å². The van der Waals surface area contributed by atoms with Crippen LogP contribution in [0.1, 0.15) is 38.5 Å². The van der Waals surface area contributed by atoms with Crippen LogP contribution in [-0.4, -0.2) is 42.5 Å². The smallest absolute Gasteiger partial charge is 0.234 e. The molecule has 4 nitrogen and oxygen atoms in total. The predicted octanol–water partition coefficient (Wildman–Crippen LogP) is 0.468. The number of hydrogen-bond donors (Lipinski definition) is 2. The van der Waals surface area contributed by atoms with Crippen molar-refractivity contribution in [3.05, 3.63) is 0 Å². The summed E-state index contributed by atoms with van der Waals surface area (Å²) in [6.07, 6.45) is 6.90.